The molecule has 190 valence electrons. The Labute approximate surface area is 202 Å². The summed E-state index contributed by atoms with van der Waals surface area (Å²) in [7, 11) is 0.831. The molecule has 0 amide bonds. The van der Waals surface area contributed by atoms with Crippen LogP contribution in [0, 0.1) is 6.92 Å². The number of hydrogen-bond donors (Lipinski definition) is 2. The average Bonchev–Trinajstić information content (AvgIpc) is 3.28. The van der Waals surface area contributed by atoms with Gasteiger partial charge in [0.15, 0.2) is 6.23 Å². The van der Waals surface area contributed by atoms with Crippen LogP contribution in [-0.2, 0) is 23.4 Å². The summed E-state index contributed by atoms with van der Waals surface area (Å²) in [5, 5.41) is 2.58. The number of nitrogens with one attached hydrogen (secondary N) is 2. The standard InChI is InChI=1S/C22H29N4O8P/c1-14-12-26(22(29)23-20(14)27)19-10-9-18(33-19)13-32-35(30,24-15(2)21(28)31-5)34-17-8-6-7-16(11-17)25(3)4/h6-12,15,18-19H,13H2,1-5H3,(H,24,30)(H,23,27,29)/t15?,18-,19+,35?/m0/s1. The molecule has 3 rings (SSSR count). The number of carbonyl (C=O) groups excluding carboxylic acids is 1. The summed E-state index contributed by atoms with van der Waals surface area (Å²) in [5.41, 5.74) is 0.0530. The number of aromatic amines is 1. The number of rotatable bonds is 10. The Morgan fingerprint density at radius 2 is 2.06 bits per heavy atom. The molecule has 1 aromatic heterocycles. The van der Waals surface area contributed by atoms with Crippen LogP contribution in [0.25, 0.3) is 0 Å². The van der Waals surface area contributed by atoms with Gasteiger partial charge >= 0.3 is 19.4 Å². The third kappa shape index (κ3) is 6.70. The first-order valence-corrected chi connectivity index (χ1v) is 12.3. The molecule has 0 radical (unpaired) electrons. The third-order valence-electron chi connectivity index (χ3n) is 5.10. The highest BCUT2D eigenvalue weighted by Gasteiger charge is 2.34. The number of ether oxygens (including phenoxy) is 2. The first kappa shape index (κ1) is 26.4. The predicted octanol–water partition coefficient (Wildman–Crippen LogP) is 1.72. The summed E-state index contributed by atoms with van der Waals surface area (Å²) in [6, 6.07) is 5.88. The van der Waals surface area contributed by atoms with Crippen molar-refractivity contribution in [1.82, 2.24) is 14.6 Å². The zero-order chi connectivity index (χ0) is 25.8. The van der Waals surface area contributed by atoms with E-state index in [1.165, 1.54) is 24.8 Å². The van der Waals surface area contributed by atoms with Crippen molar-refractivity contribution in [2.24, 2.45) is 0 Å². The van der Waals surface area contributed by atoms with E-state index in [0.717, 1.165) is 5.69 Å². The van der Waals surface area contributed by atoms with Crippen LogP contribution >= 0.6 is 7.75 Å². The van der Waals surface area contributed by atoms with Crippen LogP contribution in [0.4, 0.5) is 5.69 Å². The van der Waals surface area contributed by atoms with Gasteiger partial charge in [-0.15, -0.1) is 0 Å². The lowest BCUT2D eigenvalue weighted by molar-refractivity contribution is -0.142. The molecule has 0 bridgehead atoms. The Morgan fingerprint density at radius 1 is 1.31 bits per heavy atom. The molecule has 2 N–H and O–H groups in total. The number of hydrogen-bond acceptors (Lipinski definition) is 9. The van der Waals surface area contributed by atoms with Gasteiger partial charge in [-0.3, -0.25) is 23.7 Å². The topological polar surface area (TPSA) is 141 Å². The number of methoxy groups -OCH3 is 1. The highest BCUT2D eigenvalue weighted by molar-refractivity contribution is 7.52. The SMILES string of the molecule is COC(=O)C(C)NP(=O)(OC[C@@H]1C=C[C@H](n2cc(C)c(=O)[nH]c2=O)O1)Oc1cccc(N(C)C)c1. The first-order chi connectivity index (χ1) is 16.5. The van der Waals surface area contributed by atoms with Crippen molar-refractivity contribution >= 4 is 19.4 Å². The van der Waals surface area contributed by atoms with Crippen LogP contribution in [-0.4, -0.2) is 55.5 Å². The Bertz CT molecular complexity index is 1250. The quantitative estimate of drug-likeness (QED) is 0.277. The molecule has 0 fully saturated rings. The number of anilines is 1. The van der Waals surface area contributed by atoms with E-state index < -0.39 is 43.3 Å². The van der Waals surface area contributed by atoms with Crippen molar-refractivity contribution in [1.29, 1.82) is 0 Å². The minimum absolute atomic E-state index is 0.213. The molecule has 12 nitrogen and oxygen atoms in total. The maximum absolute atomic E-state index is 13.6. The Balaban J connectivity index is 1.74. The third-order valence-corrected chi connectivity index (χ3v) is 6.74. The van der Waals surface area contributed by atoms with Gasteiger partial charge in [-0.1, -0.05) is 12.1 Å². The second kappa shape index (κ2) is 11.0. The van der Waals surface area contributed by atoms with Crippen LogP contribution < -0.4 is 25.8 Å². The van der Waals surface area contributed by atoms with E-state index in [-0.39, 0.29) is 12.4 Å². The molecule has 1 aliphatic rings. The van der Waals surface area contributed by atoms with Crippen molar-refractivity contribution in [3.05, 3.63) is 69.0 Å². The van der Waals surface area contributed by atoms with E-state index in [0.29, 0.717) is 5.56 Å². The van der Waals surface area contributed by atoms with E-state index >= 15 is 0 Å². The van der Waals surface area contributed by atoms with Gasteiger partial charge in [0.05, 0.1) is 13.7 Å². The van der Waals surface area contributed by atoms with Gasteiger partial charge < -0.3 is 18.9 Å². The van der Waals surface area contributed by atoms with Crippen LogP contribution in [0.2, 0.25) is 0 Å². The summed E-state index contributed by atoms with van der Waals surface area (Å²) >= 11 is 0. The molecule has 2 heterocycles. The Morgan fingerprint density at radius 3 is 2.74 bits per heavy atom. The average molecular weight is 508 g/mol. The molecule has 0 saturated heterocycles. The lowest BCUT2D eigenvalue weighted by atomic mass is 10.3. The molecule has 1 aliphatic heterocycles. The van der Waals surface area contributed by atoms with Crippen molar-refractivity contribution in [3.8, 4) is 5.75 Å². The van der Waals surface area contributed by atoms with Crippen molar-refractivity contribution in [2.45, 2.75) is 32.2 Å². The van der Waals surface area contributed by atoms with Crippen LogP contribution in [0.1, 0.15) is 18.7 Å². The van der Waals surface area contributed by atoms with Gasteiger partial charge in [0.25, 0.3) is 5.56 Å². The molecule has 0 aliphatic carbocycles. The molecule has 0 saturated carbocycles. The molecule has 4 atom stereocenters. The predicted molar refractivity (Wildman–Crippen MR) is 129 cm³/mol. The normalized spacial score (nSPS) is 19.7. The number of aromatic nitrogens is 2. The molecular formula is C22H29N4O8P. The molecule has 35 heavy (non-hydrogen) atoms. The summed E-state index contributed by atoms with van der Waals surface area (Å²) < 4.78 is 36.6. The zero-order valence-electron chi connectivity index (χ0n) is 20.1. The van der Waals surface area contributed by atoms with Crippen molar-refractivity contribution in [3.63, 3.8) is 0 Å². The van der Waals surface area contributed by atoms with Gasteiger partial charge in [0, 0.05) is 37.6 Å². The minimum Gasteiger partial charge on any atom is -0.468 e. The Kier molecular flexibility index (Phi) is 8.34. The maximum Gasteiger partial charge on any atom is 0.459 e. The summed E-state index contributed by atoms with van der Waals surface area (Å²) in [5.74, 6) is -0.385. The molecule has 0 spiro atoms. The lowest BCUT2D eigenvalue weighted by Crippen LogP contribution is -2.35. The van der Waals surface area contributed by atoms with Gasteiger partial charge in [-0.05, 0) is 32.1 Å². The minimum atomic E-state index is -4.08. The molecular weight excluding hydrogens is 479 g/mol. The fraction of sp³-hybridized carbons (Fsp3) is 0.409. The van der Waals surface area contributed by atoms with E-state index in [2.05, 4.69) is 10.1 Å². The number of H-pyrrole nitrogens is 1. The molecule has 2 aromatic rings. The fourth-order valence-corrected chi connectivity index (χ4v) is 4.70. The van der Waals surface area contributed by atoms with Gasteiger partial charge in [0.2, 0.25) is 0 Å². The number of aryl methyl sites for hydroxylation is 1. The van der Waals surface area contributed by atoms with Crippen LogP contribution in [0.3, 0.4) is 0 Å². The largest absolute Gasteiger partial charge is 0.468 e. The second-order valence-electron chi connectivity index (χ2n) is 8.08. The summed E-state index contributed by atoms with van der Waals surface area (Å²) in [6.07, 6.45) is 3.18. The second-order valence-corrected chi connectivity index (χ2v) is 9.77. The van der Waals surface area contributed by atoms with Crippen LogP contribution in [0.15, 0.2) is 52.2 Å². The van der Waals surface area contributed by atoms with Crippen molar-refractivity contribution in [2.75, 3.05) is 32.7 Å². The summed E-state index contributed by atoms with van der Waals surface area (Å²) in [6.45, 7) is 2.82. The van der Waals surface area contributed by atoms with E-state index in [1.807, 2.05) is 25.1 Å². The number of nitrogens with zero attached hydrogens (tertiary/aromatic N) is 2. The molecule has 2 unspecified atom stereocenters. The summed E-state index contributed by atoms with van der Waals surface area (Å²) in [4.78, 5) is 39.7. The highest BCUT2D eigenvalue weighted by Crippen LogP contribution is 2.46. The Hall–Kier alpha value is -3.18. The van der Waals surface area contributed by atoms with Gasteiger partial charge in [-0.25, -0.2) is 9.36 Å². The number of carbonyl (C=O) groups is 1. The van der Waals surface area contributed by atoms with E-state index in [4.69, 9.17) is 18.5 Å². The smallest absolute Gasteiger partial charge is 0.459 e. The highest BCUT2D eigenvalue weighted by atomic mass is 31.2. The molecule has 13 heteroatoms. The van der Waals surface area contributed by atoms with E-state index in [9.17, 15) is 18.9 Å². The fourth-order valence-electron chi connectivity index (χ4n) is 3.20. The number of benzene rings is 1. The maximum atomic E-state index is 13.6. The van der Waals surface area contributed by atoms with E-state index in [1.54, 1.807) is 37.3 Å². The first-order valence-electron chi connectivity index (χ1n) is 10.7. The van der Waals surface area contributed by atoms with Gasteiger partial charge in [0.1, 0.15) is 17.9 Å². The monoisotopic (exact) mass is 508 g/mol. The van der Waals surface area contributed by atoms with Gasteiger partial charge in [-0.2, -0.15) is 5.09 Å². The molecule has 1 aromatic carbocycles. The number of esters is 1. The lowest BCUT2D eigenvalue weighted by Gasteiger charge is -2.24. The van der Waals surface area contributed by atoms with Crippen molar-refractivity contribution < 1.29 is 27.9 Å². The van der Waals surface area contributed by atoms with Crippen LogP contribution in [0.5, 0.6) is 5.75 Å². The zero-order valence-corrected chi connectivity index (χ0v) is 21.0.